The zero-order valence-electron chi connectivity index (χ0n) is 32.9. The van der Waals surface area contributed by atoms with Gasteiger partial charge >= 0.3 is 25.7 Å². The molecule has 3 atom stereocenters. The van der Waals surface area contributed by atoms with Gasteiger partial charge in [-0.05, 0) is 38.5 Å². The molecular formula is C40H76NO10P. The summed E-state index contributed by atoms with van der Waals surface area (Å²) in [6, 6.07) is -1.52. The molecule has 0 heterocycles. The number of nitrogens with two attached hydrogens (primary N) is 1. The van der Waals surface area contributed by atoms with E-state index in [0.717, 1.165) is 57.8 Å². The number of aliphatic carboxylic acids is 1. The summed E-state index contributed by atoms with van der Waals surface area (Å²) < 4.78 is 32.6. The first-order valence-electron chi connectivity index (χ1n) is 20.7. The Kier molecular flexibility index (Phi) is 35.0. The third kappa shape index (κ3) is 35.3. The Labute approximate surface area is 316 Å². The third-order valence-electron chi connectivity index (χ3n) is 9.01. The highest BCUT2D eigenvalue weighted by Crippen LogP contribution is 2.43. The van der Waals surface area contributed by atoms with Crippen molar-refractivity contribution in [3.05, 3.63) is 12.2 Å². The molecule has 0 aliphatic carbocycles. The lowest BCUT2D eigenvalue weighted by Gasteiger charge is -2.20. The minimum absolute atomic E-state index is 0.165. The van der Waals surface area contributed by atoms with Gasteiger partial charge in [0.15, 0.2) is 6.10 Å². The Hall–Kier alpha value is -1.78. The first-order chi connectivity index (χ1) is 25.1. The molecule has 0 aliphatic rings. The monoisotopic (exact) mass is 762 g/mol. The summed E-state index contributed by atoms with van der Waals surface area (Å²) in [6.07, 6.45) is 34.1. The number of esters is 2. The second-order valence-electron chi connectivity index (χ2n) is 14.1. The molecule has 4 N–H and O–H groups in total. The van der Waals surface area contributed by atoms with Crippen LogP contribution in [0.2, 0.25) is 0 Å². The van der Waals surface area contributed by atoms with Crippen molar-refractivity contribution >= 4 is 25.7 Å². The highest BCUT2D eigenvalue weighted by Gasteiger charge is 2.28. The zero-order valence-corrected chi connectivity index (χ0v) is 33.8. The number of allylic oxidation sites excluding steroid dienone is 2. The van der Waals surface area contributed by atoms with Gasteiger partial charge in [-0.3, -0.25) is 23.4 Å². The largest absolute Gasteiger partial charge is 0.480 e. The lowest BCUT2D eigenvalue weighted by molar-refractivity contribution is -0.161. The molecule has 0 aromatic heterocycles. The smallest absolute Gasteiger partial charge is 0.472 e. The fourth-order valence-corrected chi connectivity index (χ4v) is 6.48. The van der Waals surface area contributed by atoms with Crippen molar-refractivity contribution < 1.29 is 47.5 Å². The van der Waals surface area contributed by atoms with Gasteiger partial charge in [0.1, 0.15) is 12.6 Å². The van der Waals surface area contributed by atoms with Crippen LogP contribution in [-0.4, -0.2) is 59.9 Å². The lowest BCUT2D eigenvalue weighted by Crippen LogP contribution is -2.34. The van der Waals surface area contributed by atoms with Gasteiger partial charge in [-0.1, -0.05) is 154 Å². The van der Waals surface area contributed by atoms with Gasteiger partial charge in [-0.25, -0.2) is 4.57 Å². The number of rotatable bonds is 39. The minimum atomic E-state index is -4.71. The normalized spacial score (nSPS) is 13.9. The maximum atomic E-state index is 12.6. The van der Waals surface area contributed by atoms with E-state index >= 15 is 0 Å². The molecule has 0 spiro atoms. The first-order valence-corrected chi connectivity index (χ1v) is 22.2. The fourth-order valence-electron chi connectivity index (χ4n) is 5.71. The standard InChI is InChI=1S/C40H76NO10P/c1-3-5-7-9-11-13-15-17-19-21-23-25-27-29-31-38(42)48-33-36(34-49-52(46,47)50-35-37(41)40(44)45)51-39(43)32-30-28-26-24-22-20-18-16-14-12-10-8-6-4-2/h15,17,36-37H,3-14,16,18-35,41H2,1-2H3,(H,44,45)(H,46,47)/b17-15+/t36-,37+/m1/s1. The summed E-state index contributed by atoms with van der Waals surface area (Å²) in [5, 5.41) is 8.87. The summed E-state index contributed by atoms with van der Waals surface area (Å²) in [5.41, 5.74) is 5.32. The Morgan fingerprint density at radius 2 is 0.962 bits per heavy atom. The van der Waals surface area contributed by atoms with Gasteiger partial charge in [-0.15, -0.1) is 0 Å². The Bertz CT molecular complexity index is 947. The number of ether oxygens (including phenoxy) is 2. The van der Waals surface area contributed by atoms with Crippen molar-refractivity contribution in [2.45, 2.75) is 206 Å². The van der Waals surface area contributed by atoms with Crippen LogP contribution in [0, 0.1) is 0 Å². The van der Waals surface area contributed by atoms with E-state index in [4.69, 9.17) is 24.8 Å². The van der Waals surface area contributed by atoms with Gasteiger partial charge < -0.3 is 25.2 Å². The SMILES string of the molecule is CCCCCCC/C=C/CCCCCCCC(=O)OC[C@H](COP(=O)(O)OC[C@H](N)C(=O)O)OC(=O)CCCCCCCCCCCCCCCC. The highest BCUT2D eigenvalue weighted by atomic mass is 31.2. The molecule has 0 radical (unpaired) electrons. The summed E-state index contributed by atoms with van der Waals surface area (Å²) in [5.74, 6) is -2.38. The number of carboxylic acid groups (broad SMARTS) is 1. The summed E-state index contributed by atoms with van der Waals surface area (Å²) in [7, 11) is -4.71. The topological polar surface area (TPSA) is 172 Å². The maximum absolute atomic E-state index is 12.6. The van der Waals surface area contributed by atoms with Crippen molar-refractivity contribution in [2.75, 3.05) is 19.8 Å². The number of carbonyl (C=O) groups is 3. The Balaban J connectivity index is 4.39. The van der Waals surface area contributed by atoms with Crippen molar-refractivity contribution in [3.8, 4) is 0 Å². The number of unbranched alkanes of at least 4 members (excludes halogenated alkanes) is 23. The van der Waals surface area contributed by atoms with E-state index in [1.165, 1.54) is 96.3 Å². The van der Waals surface area contributed by atoms with Crippen molar-refractivity contribution in [1.82, 2.24) is 0 Å². The number of carboxylic acids is 1. The summed E-state index contributed by atoms with van der Waals surface area (Å²) in [6.45, 7) is 2.79. The van der Waals surface area contributed by atoms with Crippen LogP contribution in [0.5, 0.6) is 0 Å². The molecule has 0 amide bonds. The van der Waals surface area contributed by atoms with Crippen LogP contribution in [-0.2, 0) is 37.5 Å². The molecular weight excluding hydrogens is 685 g/mol. The van der Waals surface area contributed by atoms with E-state index in [-0.39, 0.29) is 19.4 Å². The molecule has 306 valence electrons. The summed E-state index contributed by atoms with van der Waals surface area (Å²) >= 11 is 0. The molecule has 0 bridgehead atoms. The number of phosphoric ester groups is 1. The van der Waals surface area contributed by atoms with Gasteiger partial charge in [-0.2, -0.15) is 0 Å². The van der Waals surface area contributed by atoms with E-state index < -0.39 is 51.1 Å². The highest BCUT2D eigenvalue weighted by molar-refractivity contribution is 7.47. The van der Waals surface area contributed by atoms with Crippen LogP contribution in [0.4, 0.5) is 0 Å². The second kappa shape index (κ2) is 36.2. The molecule has 0 aliphatic heterocycles. The predicted octanol–water partition coefficient (Wildman–Crippen LogP) is 10.5. The van der Waals surface area contributed by atoms with E-state index in [9.17, 15) is 23.8 Å². The van der Waals surface area contributed by atoms with E-state index in [2.05, 4.69) is 30.5 Å². The molecule has 0 saturated carbocycles. The van der Waals surface area contributed by atoms with Gasteiger partial charge in [0.05, 0.1) is 13.2 Å². The molecule has 0 fully saturated rings. The molecule has 11 nitrogen and oxygen atoms in total. The van der Waals surface area contributed by atoms with E-state index in [1.807, 2.05) is 0 Å². The molecule has 0 aromatic rings. The summed E-state index contributed by atoms with van der Waals surface area (Å²) in [4.78, 5) is 45.8. The van der Waals surface area contributed by atoms with Crippen LogP contribution in [0.3, 0.4) is 0 Å². The minimum Gasteiger partial charge on any atom is -0.480 e. The predicted molar refractivity (Wildman–Crippen MR) is 208 cm³/mol. The molecule has 0 aromatic carbocycles. The number of carbonyl (C=O) groups excluding carboxylic acids is 2. The number of hydrogen-bond donors (Lipinski definition) is 3. The first kappa shape index (κ1) is 50.2. The van der Waals surface area contributed by atoms with Crippen LogP contribution in [0.15, 0.2) is 12.2 Å². The Morgan fingerprint density at radius 1 is 0.577 bits per heavy atom. The van der Waals surface area contributed by atoms with Crippen molar-refractivity contribution in [3.63, 3.8) is 0 Å². The fraction of sp³-hybridized carbons (Fsp3) is 0.875. The number of hydrogen-bond acceptors (Lipinski definition) is 9. The quantitative estimate of drug-likeness (QED) is 0.0235. The molecule has 12 heteroatoms. The van der Waals surface area contributed by atoms with Crippen LogP contribution in [0.25, 0.3) is 0 Å². The maximum Gasteiger partial charge on any atom is 0.472 e. The number of phosphoric acid groups is 1. The molecule has 1 unspecified atom stereocenters. The second-order valence-corrected chi connectivity index (χ2v) is 15.6. The van der Waals surface area contributed by atoms with Crippen molar-refractivity contribution in [1.29, 1.82) is 0 Å². The van der Waals surface area contributed by atoms with Gasteiger partial charge in [0, 0.05) is 12.8 Å². The molecule has 0 saturated heterocycles. The molecule has 52 heavy (non-hydrogen) atoms. The van der Waals surface area contributed by atoms with Gasteiger partial charge in [0.25, 0.3) is 0 Å². The van der Waals surface area contributed by atoms with E-state index in [0.29, 0.717) is 12.8 Å². The third-order valence-corrected chi connectivity index (χ3v) is 9.96. The van der Waals surface area contributed by atoms with Crippen LogP contribution < -0.4 is 5.73 Å². The lowest BCUT2D eigenvalue weighted by atomic mass is 10.0. The van der Waals surface area contributed by atoms with Gasteiger partial charge in [0.2, 0.25) is 0 Å². The van der Waals surface area contributed by atoms with Crippen LogP contribution >= 0.6 is 7.82 Å². The average molecular weight is 762 g/mol. The van der Waals surface area contributed by atoms with Crippen LogP contribution in [0.1, 0.15) is 194 Å². The van der Waals surface area contributed by atoms with E-state index in [1.54, 1.807) is 0 Å². The molecule has 0 rings (SSSR count). The zero-order chi connectivity index (χ0) is 38.5. The Morgan fingerprint density at radius 3 is 1.40 bits per heavy atom. The van der Waals surface area contributed by atoms with Crippen molar-refractivity contribution in [2.24, 2.45) is 5.73 Å². The average Bonchev–Trinajstić information content (AvgIpc) is 3.12.